The number of nitrogens with zero attached hydrogens (tertiary/aromatic N) is 1. The number of hydrogen-bond donors (Lipinski definition) is 1. The Morgan fingerprint density at radius 2 is 1.67 bits per heavy atom. The van der Waals surface area contributed by atoms with Gasteiger partial charge >= 0.3 is 5.97 Å². The lowest BCUT2D eigenvalue weighted by Crippen LogP contribution is -1.94. The monoisotopic (exact) mass is 239 g/mol. The van der Waals surface area contributed by atoms with Crippen LogP contribution in [0.3, 0.4) is 0 Å². The molecule has 3 nitrogen and oxygen atoms in total. The van der Waals surface area contributed by atoms with Crippen LogP contribution in [0.2, 0.25) is 0 Å². The van der Waals surface area contributed by atoms with Crippen LogP contribution in [0.5, 0.6) is 0 Å². The molecule has 0 amide bonds. The van der Waals surface area contributed by atoms with E-state index in [1.807, 2.05) is 31.2 Å². The third kappa shape index (κ3) is 3.04. The molecule has 2 aromatic rings. The summed E-state index contributed by atoms with van der Waals surface area (Å²) >= 11 is 0. The summed E-state index contributed by atoms with van der Waals surface area (Å²) in [6, 6.07) is 14.5. The molecule has 0 saturated heterocycles. The quantitative estimate of drug-likeness (QED) is 0.834. The molecule has 90 valence electrons. The van der Waals surface area contributed by atoms with E-state index in [2.05, 4.69) is 4.99 Å². The van der Waals surface area contributed by atoms with E-state index >= 15 is 0 Å². The molecule has 2 rings (SSSR count). The van der Waals surface area contributed by atoms with E-state index in [4.69, 9.17) is 5.11 Å². The second kappa shape index (κ2) is 5.27. The van der Waals surface area contributed by atoms with Gasteiger partial charge < -0.3 is 5.11 Å². The molecule has 18 heavy (non-hydrogen) atoms. The van der Waals surface area contributed by atoms with Gasteiger partial charge in [-0.1, -0.05) is 29.8 Å². The fourth-order valence-corrected chi connectivity index (χ4v) is 1.49. The van der Waals surface area contributed by atoms with Crippen molar-refractivity contribution in [1.82, 2.24) is 0 Å². The molecule has 0 aliphatic rings. The van der Waals surface area contributed by atoms with E-state index in [1.165, 1.54) is 5.56 Å². The molecule has 0 spiro atoms. The summed E-state index contributed by atoms with van der Waals surface area (Å²) in [7, 11) is 0. The highest BCUT2D eigenvalue weighted by atomic mass is 16.4. The smallest absolute Gasteiger partial charge is 0.335 e. The lowest BCUT2D eigenvalue weighted by molar-refractivity contribution is 0.0697. The summed E-state index contributed by atoms with van der Waals surface area (Å²) in [6.45, 7) is 2.03. The van der Waals surface area contributed by atoms with Crippen LogP contribution >= 0.6 is 0 Å². The maximum absolute atomic E-state index is 10.7. The van der Waals surface area contributed by atoms with E-state index in [1.54, 1.807) is 30.5 Å². The first-order chi connectivity index (χ1) is 8.65. The molecule has 0 aliphatic heterocycles. The molecule has 0 saturated carbocycles. The highest BCUT2D eigenvalue weighted by Crippen LogP contribution is 2.13. The van der Waals surface area contributed by atoms with Crippen molar-refractivity contribution in [3.63, 3.8) is 0 Å². The van der Waals surface area contributed by atoms with Crippen LogP contribution in [0.1, 0.15) is 21.5 Å². The Kier molecular flexibility index (Phi) is 3.53. The van der Waals surface area contributed by atoms with Crippen molar-refractivity contribution in [2.45, 2.75) is 6.92 Å². The Balaban J connectivity index is 2.13. The minimum absolute atomic E-state index is 0.268. The molecule has 0 unspecified atom stereocenters. The van der Waals surface area contributed by atoms with Gasteiger partial charge in [0.1, 0.15) is 0 Å². The Hall–Kier alpha value is -2.42. The van der Waals surface area contributed by atoms with E-state index in [0.29, 0.717) is 0 Å². The van der Waals surface area contributed by atoms with Crippen molar-refractivity contribution in [3.05, 3.63) is 65.2 Å². The SMILES string of the molecule is Cc1ccc(C=Nc2ccc(C(=O)O)cc2)cc1. The molecule has 3 heteroatoms. The molecule has 0 bridgehead atoms. The maximum Gasteiger partial charge on any atom is 0.335 e. The lowest BCUT2D eigenvalue weighted by atomic mass is 10.2. The molecule has 0 aliphatic carbocycles. The first-order valence-electron chi connectivity index (χ1n) is 5.59. The number of aryl methyl sites for hydroxylation is 1. The van der Waals surface area contributed by atoms with Crippen LogP contribution in [0.15, 0.2) is 53.5 Å². The summed E-state index contributed by atoms with van der Waals surface area (Å²) in [5, 5.41) is 8.77. The molecule has 0 aromatic heterocycles. The zero-order valence-corrected chi connectivity index (χ0v) is 10.00. The van der Waals surface area contributed by atoms with Crippen LogP contribution in [0.4, 0.5) is 5.69 Å². The minimum Gasteiger partial charge on any atom is -0.478 e. The Morgan fingerprint density at radius 1 is 1.06 bits per heavy atom. The minimum atomic E-state index is -0.927. The van der Waals surface area contributed by atoms with Crippen LogP contribution in [0.25, 0.3) is 0 Å². The number of benzene rings is 2. The predicted octanol–water partition coefficient (Wildman–Crippen LogP) is 3.44. The number of carboxylic acid groups (broad SMARTS) is 1. The van der Waals surface area contributed by atoms with Crippen LogP contribution < -0.4 is 0 Å². The third-order valence-electron chi connectivity index (χ3n) is 2.55. The zero-order chi connectivity index (χ0) is 13.0. The van der Waals surface area contributed by atoms with Gasteiger partial charge in [0.25, 0.3) is 0 Å². The van der Waals surface area contributed by atoms with E-state index in [9.17, 15) is 4.79 Å². The van der Waals surface area contributed by atoms with E-state index in [0.717, 1.165) is 11.3 Å². The summed E-state index contributed by atoms with van der Waals surface area (Å²) in [6.07, 6.45) is 1.76. The van der Waals surface area contributed by atoms with Gasteiger partial charge in [0.2, 0.25) is 0 Å². The van der Waals surface area contributed by atoms with Crippen molar-refractivity contribution < 1.29 is 9.90 Å². The first kappa shape index (κ1) is 12.0. The van der Waals surface area contributed by atoms with Crippen molar-refractivity contribution >= 4 is 17.9 Å². The Morgan fingerprint density at radius 3 is 2.22 bits per heavy atom. The van der Waals surface area contributed by atoms with Crippen LogP contribution in [-0.4, -0.2) is 17.3 Å². The fraction of sp³-hybridized carbons (Fsp3) is 0.0667. The average molecular weight is 239 g/mol. The number of aliphatic imine (C=N–C) groups is 1. The van der Waals surface area contributed by atoms with Gasteiger partial charge in [-0.05, 0) is 36.8 Å². The van der Waals surface area contributed by atoms with Gasteiger partial charge in [-0.15, -0.1) is 0 Å². The first-order valence-corrected chi connectivity index (χ1v) is 5.59. The summed E-state index contributed by atoms with van der Waals surface area (Å²) in [5.41, 5.74) is 3.23. The van der Waals surface area contributed by atoms with Gasteiger partial charge in [-0.2, -0.15) is 0 Å². The highest BCUT2D eigenvalue weighted by molar-refractivity contribution is 5.88. The largest absolute Gasteiger partial charge is 0.478 e. The van der Waals surface area contributed by atoms with Crippen molar-refractivity contribution in [1.29, 1.82) is 0 Å². The summed E-state index contributed by atoms with van der Waals surface area (Å²) in [5.74, 6) is -0.927. The second-order valence-corrected chi connectivity index (χ2v) is 4.02. The molecule has 0 atom stereocenters. The molecule has 0 radical (unpaired) electrons. The van der Waals surface area contributed by atoms with Crippen LogP contribution in [-0.2, 0) is 0 Å². The fourth-order valence-electron chi connectivity index (χ4n) is 1.49. The maximum atomic E-state index is 10.7. The molecule has 0 heterocycles. The summed E-state index contributed by atoms with van der Waals surface area (Å²) in [4.78, 5) is 15.0. The Bertz CT molecular complexity index is 568. The van der Waals surface area contributed by atoms with Gasteiger partial charge in [-0.3, -0.25) is 4.99 Å². The molecular formula is C15H13NO2. The number of hydrogen-bond acceptors (Lipinski definition) is 2. The number of aromatic carboxylic acids is 1. The predicted molar refractivity (Wildman–Crippen MR) is 71.8 cm³/mol. The highest BCUT2D eigenvalue weighted by Gasteiger charge is 2.00. The normalized spacial score (nSPS) is 10.7. The molecular weight excluding hydrogens is 226 g/mol. The van der Waals surface area contributed by atoms with Crippen molar-refractivity contribution in [2.24, 2.45) is 4.99 Å². The van der Waals surface area contributed by atoms with Gasteiger partial charge in [-0.25, -0.2) is 4.79 Å². The van der Waals surface area contributed by atoms with Crippen molar-refractivity contribution in [3.8, 4) is 0 Å². The molecule has 2 aromatic carbocycles. The van der Waals surface area contributed by atoms with Gasteiger partial charge in [0, 0.05) is 6.21 Å². The topological polar surface area (TPSA) is 49.7 Å². The van der Waals surface area contributed by atoms with Gasteiger partial charge in [0.15, 0.2) is 0 Å². The summed E-state index contributed by atoms with van der Waals surface area (Å²) < 4.78 is 0. The number of carboxylic acids is 1. The van der Waals surface area contributed by atoms with Crippen LogP contribution in [0, 0.1) is 6.92 Å². The molecule has 1 N–H and O–H groups in total. The van der Waals surface area contributed by atoms with Gasteiger partial charge in [0.05, 0.1) is 11.3 Å². The second-order valence-electron chi connectivity index (χ2n) is 4.02. The third-order valence-corrected chi connectivity index (χ3v) is 2.55. The number of rotatable bonds is 3. The molecule has 0 fully saturated rings. The Labute approximate surface area is 105 Å². The number of carbonyl (C=O) groups is 1. The van der Waals surface area contributed by atoms with E-state index in [-0.39, 0.29) is 5.56 Å². The lowest BCUT2D eigenvalue weighted by Gasteiger charge is -1.97. The average Bonchev–Trinajstić information content (AvgIpc) is 2.38. The van der Waals surface area contributed by atoms with Crippen molar-refractivity contribution in [2.75, 3.05) is 0 Å². The van der Waals surface area contributed by atoms with E-state index < -0.39 is 5.97 Å². The standard InChI is InChI=1S/C15H13NO2/c1-11-2-4-12(5-3-11)10-16-14-8-6-13(7-9-14)15(17)18/h2-10H,1H3,(H,17,18). The zero-order valence-electron chi connectivity index (χ0n) is 10.00.